The summed E-state index contributed by atoms with van der Waals surface area (Å²) in [5.41, 5.74) is 0. The van der Waals surface area contributed by atoms with Gasteiger partial charge in [-0.2, -0.15) is 0 Å². The molecule has 0 radical (unpaired) electrons. The molecule has 0 aliphatic heterocycles. The van der Waals surface area contributed by atoms with Crippen LogP contribution in [0.2, 0.25) is 0 Å². The van der Waals surface area contributed by atoms with Gasteiger partial charge in [0.15, 0.2) is 0 Å². The van der Waals surface area contributed by atoms with E-state index in [1.165, 1.54) is 0 Å². The summed E-state index contributed by atoms with van der Waals surface area (Å²) >= 11 is 0.257. The molecule has 0 saturated heterocycles. The minimum atomic E-state index is -4.10. The van der Waals surface area contributed by atoms with Crippen LogP contribution in [0.5, 0.6) is 0 Å². The molecule has 0 amide bonds. The fourth-order valence-corrected chi connectivity index (χ4v) is 0. The molecular weight excluding hydrogens is 322 g/mol. The summed E-state index contributed by atoms with van der Waals surface area (Å²) in [6.07, 6.45) is 0. The first kappa shape index (κ1) is 17.2. The van der Waals surface area contributed by atoms with Gasteiger partial charge in [0.25, 0.3) is 0 Å². The van der Waals surface area contributed by atoms with Crippen LogP contribution in [0.4, 0.5) is 0 Å². The molecule has 0 rings (SSSR count). The van der Waals surface area contributed by atoms with Crippen LogP contribution in [0.15, 0.2) is 0 Å². The van der Waals surface area contributed by atoms with Crippen LogP contribution in [0.25, 0.3) is 0 Å². The van der Waals surface area contributed by atoms with Crippen molar-refractivity contribution in [1.82, 2.24) is 0 Å². The molecule has 0 heterocycles. The second kappa shape index (κ2) is 8.18. The summed E-state index contributed by atoms with van der Waals surface area (Å²) in [4.78, 5) is 15.5. The van der Waals surface area contributed by atoms with Crippen molar-refractivity contribution >= 4 is 78.1 Å². The van der Waals surface area contributed by atoms with Crippen molar-refractivity contribution in [2.24, 2.45) is 0 Å². The molecule has 0 spiro atoms. The average molecular weight is 326 g/mol. The van der Waals surface area contributed by atoms with Crippen LogP contribution in [0, 0.1) is 0 Å². The second-order valence-corrected chi connectivity index (χ2v) is 3.48. The average Bonchev–Trinajstić information content (AvgIpc) is 1.35. The molecular formula is H4KLiO4PTa. The minimum absolute atomic E-state index is 0. The van der Waals surface area contributed by atoms with E-state index >= 15 is 0 Å². The van der Waals surface area contributed by atoms with E-state index in [1.54, 1.807) is 0 Å². The van der Waals surface area contributed by atoms with Crippen LogP contribution < -0.4 is 0 Å². The molecule has 0 aliphatic carbocycles. The standard InChI is InChI=1S/K.Li.H3O4P.Ta.2H/c;;1-5(2,3)4;;;/h;;(H3,1,2,3,4);;;/q;;;+1;;/p-1. The van der Waals surface area contributed by atoms with E-state index in [0.29, 0.717) is 0 Å². The quantitative estimate of drug-likeness (QED) is 0.444. The molecule has 2 N–H and O–H groups in total. The SMILES string of the molecule is O=P(O)(O)[O][Ta].[KH].[LiH]. The van der Waals surface area contributed by atoms with Gasteiger partial charge < -0.3 is 0 Å². The number of phosphoric acid groups is 1. The normalized spacial score (nSPS) is 8.75. The molecule has 0 aromatic heterocycles. The Morgan fingerprint density at radius 2 is 1.62 bits per heavy atom. The van der Waals surface area contributed by atoms with E-state index in [1.807, 2.05) is 0 Å². The predicted octanol–water partition coefficient (Wildman–Crippen LogP) is -1.74. The summed E-state index contributed by atoms with van der Waals surface area (Å²) < 4.78 is 13.2. The maximum atomic E-state index is 9.50. The Bertz CT molecular complexity index is 80.1. The van der Waals surface area contributed by atoms with Gasteiger partial charge in [0.2, 0.25) is 0 Å². The third kappa shape index (κ3) is 16.0. The topological polar surface area (TPSA) is 66.8 Å². The second-order valence-electron chi connectivity index (χ2n) is 0.572. The maximum absolute atomic E-state index is 9.50. The van der Waals surface area contributed by atoms with Gasteiger partial charge in [-0.3, -0.25) is 0 Å². The zero-order valence-electron chi connectivity index (χ0n) is 2.61. The third-order valence-corrected chi connectivity index (χ3v) is 2.61. The third-order valence-electron chi connectivity index (χ3n) is 0.106. The Balaban J connectivity index is -0.000000125. The number of hydrogen-bond donors (Lipinski definition) is 2. The van der Waals surface area contributed by atoms with Crippen molar-refractivity contribution in [3.05, 3.63) is 0 Å². The monoisotopic (exact) mass is 326 g/mol. The first-order chi connectivity index (χ1) is 2.56. The van der Waals surface area contributed by atoms with Gasteiger partial charge in [-0.15, -0.1) is 0 Å². The molecule has 0 saturated carbocycles. The van der Waals surface area contributed by atoms with Crippen LogP contribution in [-0.4, -0.2) is 80.0 Å². The predicted molar refractivity (Wildman–Crippen MR) is 27.4 cm³/mol. The fourth-order valence-electron chi connectivity index (χ4n) is 0. The Hall–Kier alpha value is 3.08. The molecule has 4 nitrogen and oxygen atoms in total. The van der Waals surface area contributed by atoms with Gasteiger partial charge in [0.1, 0.15) is 0 Å². The molecule has 0 atom stereocenters. The Morgan fingerprint density at radius 1 is 1.50 bits per heavy atom. The summed E-state index contributed by atoms with van der Waals surface area (Å²) in [6.45, 7) is 0. The van der Waals surface area contributed by atoms with Gasteiger partial charge in [0.05, 0.1) is 0 Å². The summed E-state index contributed by atoms with van der Waals surface area (Å²) in [5.74, 6) is 0. The Labute approximate surface area is 114 Å². The summed E-state index contributed by atoms with van der Waals surface area (Å²) in [6, 6.07) is 0. The number of rotatable bonds is 1. The molecule has 0 aromatic rings. The first-order valence-electron chi connectivity index (χ1n) is 0.948. The van der Waals surface area contributed by atoms with Crippen LogP contribution >= 0.6 is 7.82 Å². The van der Waals surface area contributed by atoms with E-state index in [2.05, 4.69) is 3.03 Å². The van der Waals surface area contributed by atoms with Gasteiger partial charge >= 0.3 is 117 Å². The molecule has 40 valence electrons. The first-order valence-corrected chi connectivity index (χ1v) is 3.79. The van der Waals surface area contributed by atoms with Gasteiger partial charge in [0, 0.05) is 0 Å². The molecule has 0 unspecified atom stereocenters. The van der Waals surface area contributed by atoms with Crippen LogP contribution in [0.1, 0.15) is 0 Å². The molecule has 0 aromatic carbocycles. The van der Waals surface area contributed by atoms with Gasteiger partial charge in [-0.1, -0.05) is 0 Å². The summed E-state index contributed by atoms with van der Waals surface area (Å²) in [5, 5.41) is 0. The van der Waals surface area contributed by atoms with Crippen molar-refractivity contribution in [2.75, 3.05) is 0 Å². The molecule has 8 heavy (non-hydrogen) atoms. The molecule has 0 bridgehead atoms. The van der Waals surface area contributed by atoms with E-state index in [4.69, 9.17) is 9.79 Å². The van der Waals surface area contributed by atoms with E-state index < -0.39 is 7.82 Å². The van der Waals surface area contributed by atoms with Crippen molar-refractivity contribution < 1.29 is 38.8 Å². The summed E-state index contributed by atoms with van der Waals surface area (Å²) in [7, 11) is -4.10. The van der Waals surface area contributed by atoms with Crippen molar-refractivity contribution in [2.45, 2.75) is 0 Å². The zero-order valence-corrected chi connectivity index (χ0v) is 6.71. The van der Waals surface area contributed by atoms with Crippen LogP contribution in [0.3, 0.4) is 0 Å². The van der Waals surface area contributed by atoms with Crippen molar-refractivity contribution in [3.63, 3.8) is 0 Å². The Morgan fingerprint density at radius 3 is 1.62 bits per heavy atom. The molecule has 8 heteroatoms. The Kier molecular flexibility index (Phi) is 17.6. The zero-order chi connectivity index (χ0) is 5.21. The number of hydrogen-bond acceptors (Lipinski definition) is 2. The van der Waals surface area contributed by atoms with E-state index in [0.717, 1.165) is 0 Å². The van der Waals surface area contributed by atoms with Gasteiger partial charge in [-0.25, -0.2) is 0 Å². The molecule has 0 fully saturated rings. The van der Waals surface area contributed by atoms with Gasteiger partial charge in [-0.05, 0) is 0 Å². The van der Waals surface area contributed by atoms with Crippen molar-refractivity contribution in [3.8, 4) is 0 Å². The van der Waals surface area contributed by atoms with E-state index in [9.17, 15) is 4.57 Å². The fraction of sp³-hybridized carbons (Fsp3) is 0. The van der Waals surface area contributed by atoms with Crippen LogP contribution in [-0.2, 0) is 29.1 Å². The molecule has 0 aliphatic rings. The van der Waals surface area contributed by atoms with E-state index in [-0.39, 0.29) is 91.7 Å². The van der Waals surface area contributed by atoms with Crippen molar-refractivity contribution in [1.29, 1.82) is 0 Å².